The highest BCUT2D eigenvalue weighted by Crippen LogP contribution is 2.21. The van der Waals surface area contributed by atoms with E-state index in [4.69, 9.17) is 28.9 Å². The number of carbonyl (C=O) groups excluding carboxylic acids is 1. The number of benzene rings is 1. The summed E-state index contributed by atoms with van der Waals surface area (Å²) in [6.45, 7) is 0.421. The van der Waals surface area contributed by atoms with Gasteiger partial charge in [-0.15, -0.1) is 5.10 Å². The van der Waals surface area contributed by atoms with Crippen molar-refractivity contribution in [2.75, 3.05) is 0 Å². The Labute approximate surface area is 137 Å². The van der Waals surface area contributed by atoms with Crippen molar-refractivity contribution in [2.45, 2.75) is 31.5 Å². The lowest BCUT2D eigenvalue weighted by atomic mass is 9.87. The van der Waals surface area contributed by atoms with Crippen molar-refractivity contribution in [3.05, 3.63) is 45.7 Å². The minimum absolute atomic E-state index is 0.137. The van der Waals surface area contributed by atoms with Crippen molar-refractivity contribution in [3.8, 4) is 0 Å². The van der Waals surface area contributed by atoms with Crippen LogP contribution in [0.4, 0.5) is 0 Å². The number of carbonyl (C=O) groups is 1. The Morgan fingerprint density at radius 2 is 2.18 bits per heavy atom. The van der Waals surface area contributed by atoms with Gasteiger partial charge in [-0.05, 0) is 30.5 Å². The number of nitrogens with zero attached hydrogens (tertiary/aromatic N) is 3. The summed E-state index contributed by atoms with van der Waals surface area (Å²) in [5.41, 5.74) is 6.83. The molecule has 1 amide bonds. The van der Waals surface area contributed by atoms with E-state index in [-0.39, 0.29) is 23.7 Å². The van der Waals surface area contributed by atoms with Crippen molar-refractivity contribution >= 4 is 29.1 Å². The minimum atomic E-state index is -0.231. The topological polar surface area (TPSA) is 85.8 Å². The quantitative estimate of drug-likeness (QED) is 0.889. The molecule has 3 N–H and O–H groups in total. The molecule has 3 rings (SSSR count). The van der Waals surface area contributed by atoms with Crippen LogP contribution < -0.4 is 11.1 Å². The number of rotatable bonds is 4. The van der Waals surface area contributed by atoms with Crippen LogP contribution in [-0.2, 0) is 6.54 Å². The average Bonchev–Trinajstić information content (AvgIpc) is 2.89. The first-order chi connectivity index (χ1) is 10.5. The Morgan fingerprint density at radius 1 is 1.41 bits per heavy atom. The molecule has 0 atom stereocenters. The van der Waals surface area contributed by atoms with E-state index >= 15 is 0 Å². The van der Waals surface area contributed by atoms with E-state index < -0.39 is 0 Å². The second kappa shape index (κ2) is 6.24. The van der Waals surface area contributed by atoms with Crippen LogP contribution in [0.2, 0.25) is 10.0 Å². The van der Waals surface area contributed by atoms with Gasteiger partial charge >= 0.3 is 0 Å². The van der Waals surface area contributed by atoms with Crippen LogP contribution in [0.3, 0.4) is 0 Å². The number of halogens is 2. The molecule has 116 valence electrons. The molecule has 1 saturated carbocycles. The van der Waals surface area contributed by atoms with Crippen LogP contribution in [0.1, 0.15) is 28.9 Å². The van der Waals surface area contributed by atoms with Crippen LogP contribution in [0, 0.1) is 0 Å². The maximum atomic E-state index is 12.0. The monoisotopic (exact) mass is 339 g/mol. The molecule has 1 aliphatic carbocycles. The van der Waals surface area contributed by atoms with E-state index in [1.165, 1.54) is 0 Å². The maximum absolute atomic E-state index is 12.0. The smallest absolute Gasteiger partial charge is 0.273 e. The lowest BCUT2D eigenvalue weighted by Crippen LogP contribution is -2.50. The fourth-order valence-corrected chi connectivity index (χ4v) is 2.81. The molecule has 8 heteroatoms. The van der Waals surface area contributed by atoms with Crippen LogP contribution in [-0.4, -0.2) is 33.0 Å². The second-order valence-electron chi connectivity index (χ2n) is 5.44. The Morgan fingerprint density at radius 3 is 2.86 bits per heavy atom. The summed E-state index contributed by atoms with van der Waals surface area (Å²) in [6.07, 6.45) is 3.21. The molecule has 1 aromatic carbocycles. The van der Waals surface area contributed by atoms with Crippen LogP contribution in [0.15, 0.2) is 24.4 Å². The third-order valence-corrected chi connectivity index (χ3v) is 4.22. The van der Waals surface area contributed by atoms with Gasteiger partial charge < -0.3 is 11.1 Å². The van der Waals surface area contributed by atoms with E-state index in [1.807, 2.05) is 6.07 Å². The molecular weight excluding hydrogens is 325 g/mol. The number of aromatic nitrogens is 3. The van der Waals surface area contributed by atoms with E-state index in [9.17, 15) is 4.79 Å². The second-order valence-corrected chi connectivity index (χ2v) is 6.28. The number of hydrogen-bond acceptors (Lipinski definition) is 4. The number of hydrogen-bond donors (Lipinski definition) is 2. The first-order valence-electron chi connectivity index (χ1n) is 6.92. The van der Waals surface area contributed by atoms with Gasteiger partial charge in [-0.3, -0.25) is 4.79 Å². The summed E-state index contributed by atoms with van der Waals surface area (Å²) >= 11 is 12.0. The molecular formula is C14H15Cl2N5O. The molecule has 0 radical (unpaired) electrons. The summed E-state index contributed by atoms with van der Waals surface area (Å²) < 4.78 is 1.57. The zero-order chi connectivity index (χ0) is 15.7. The molecule has 0 unspecified atom stereocenters. The highest BCUT2D eigenvalue weighted by molar-refractivity contribution is 6.35. The lowest BCUT2D eigenvalue weighted by Gasteiger charge is -2.32. The van der Waals surface area contributed by atoms with Crippen LogP contribution >= 0.6 is 23.2 Å². The summed E-state index contributed by atoms with van der Waals surface area (Å²) in [7, 11) is 0. The molecule has 6 nitrogen and oxygen atoms in total. The highest BCUT2D eigenvalue weighted by atomic mass is 35.5. The van der Waals surface area contributed by atoms with Gasteiger partial charge in [0.2, 0.25) is 0 Å². The van der Waals surface area contributed by atoms with Crippen molar-refractivity contribution in [3.63, 3.8) is 0 Å². The van der Waals surface area contributed by atoms with Crippen LogP contribution in [0.25, 0.3) is 0 Å². The Balaban J connectivity index is 1.64. The molecule has 1 heterocycles. The Kier molecular flexibility index (Phi) is 4.33. The van der Waals surface area contributed by atoms with Gasteiger partial charge in [-0.1, -0.05) is 34.5 Å². The third-order valence-electron chi connectivity index (χ3n) is 3.63. The summed E-state index contributed by atoms with van der Waals surface area (Å²) in [4.78, 5) is 12.0. The van der Waals surface area contributed by atoms with Crippen molar-refractivity contribution in [1.29, 1.82) is 0 Å². The predicted molar refractivity (Wildman–Crippen MR) is 84.0 cm³/mol. The van der Waals surface area contributed by atoms with Gasteiger partial charge in [0, 0.05) is 22.1 Å². The normalized spacial score (nSPS) is 20.5. The first-order valence-corrected chi connectivity index (χ1v) is 7.67. The number of amides is 1. The summed E-state index contributed by atoms with van der Waals surface area (Å²) in [5, 5.41) is 11.9. The number of nitrogens with two attached hydrogens (primary N) is 1. The van der Waals surface area contributed by atoms with Crippen molar-refractivity contribution in [2.24, 2.45) is 5.73 Å². The maximum Gasteiger partial charge on any atom is 0.273 e. The highest BCUT2D eigenvalue weighted by Gasteiger charge is 2.28. The van der Waals surface area contributed by atoms with Crippen LogP contribution in [0.5, 0.6) is 0 Å². The molecule has 0 bridgehead atoms. The molecule has 2 aromatic rings. The largest absolute Gasteiger partial charge is 0.348 e. The minimum Gasteiger partial charge on any atom is -0.348 e. The molecule has 1 aliphatic rings. The first kappa shape index (κ1) is 15.3. The SMILES string of the molecule is NC1CC(NC(=O)c2cn(Cc3ccc(Cl)cc3Cl)nn2)C1. The van der Waals surface area contributed by atoms with E-state index in [0.29, 0.717) is 16.6 Å². The van der Waals surface area contributed by atoms with E-state index in [1.54, 1.807) is 23.0 Å². The van der Waals surface area contributed by atoms with Gasteiger partial charge in [-0.25, -0.2) is 4.68 Å². The number of nitrogens with one attached hydrogen (secondary N) is 1. The molecule has 1 aromatic heterocycles. The molecule has 22 heavy (non-hydrogen) atoms. The lowest BCUT2D eigenvalue weighted by molar-refractivity contribution is 0.0905. The average molecular weight is 340 g/mol. The fraction of sp³-hybridized carbons (Fsp3) is 0.357. The predicted octanol–water partition coefficient (Wildman–Crippen LogP) is 1.85. The molecule has 0 aliphatic heterocycles. The zero-order valence-corrected chi connectivity index (χ0v) is 13.2. The molecule has 1 fully saturated rings. The molecule has 0 spiro atoms. The van der Waals surface area contributed by atoms with E-state index in [2.05, 4.69) is 15.6 Å². The zero-order valence-electron chi connectivity index (χ0n) is 11.7. The van der Waals surface area contributed by atoms with Gasteiger partial charge in [0.15, 0.2) is 5.69 Å². The third kappa shape index (κ3) is 3.40. The Hall–Kier alpha value is -1.63. The van der Waals surface area contributed by atoms with Gasteiger partial charge in [0.05, 0.1) is 12.7 Å². The van der Waals surface area contributed by atoms with Gasteiger partial charge in [0.1, 0.15) is 0 Å². The van der Waals surface area contributed by atoms with Crippen molar-refractivity contribution in [1.82, 2.24) is 20.3 Å². The van der Waals surface area contributed by atoms with Gasteiger partial charge in [-0.2, -0.15) is 0 Å². The van der Waals surface area contributed by atoms with Gasteiger partial charge in [0.25, 0.3) is 5.91 Å². The fourth-order valence-electron chi connectivity index (χ4n) is 2.34. The van der Waals surface area contributed by atoms with Crippen molar-refractivity contribution < 1.29 is 4.79 Å². The Bertz CT molecular complexity index is 696. The molecule has 0 saturated heterocycles. The summed E-state index contributed by atoms with van der Waals surface area (Å²) in [5.74, 6) is -0.231. The standard InChI is InChI=1S/C14H15Cl2N5O/c15-9-2-1-8(12(16)3-9)6-21-7-13(19-20-21)14(22)18-11-4-10(17)5-11/h1-3,7,10-11H,4-6,17H2,(H,18,22). The summed E-state index contributed by atoms with van der Waals surface area (Å²) in [6, 6.07) is 5.57. The van der Waals surface area contributed by atoms with E-state index in [0.717, 1.165) is 18.4 Å².